The Kier molecular flexibility index (Phi) is 5.65. The molecule has 0 spiro atoms. The predicted molar refractivity (Wildman–Crippen MR) is 93.9 cm³/mol. The van der Waals surface area contributed by atoms with Crippen LogP contribution in [0.5, 0.6) is 0 Å². The molecule has 1 fully saturated rings. The minimum Gasteiger partial charge on any atom is -0.391 e. The van der Waals surface area contributed by atoms with E-state index in [0.29, 0.717) is 12.1 Å². The van der Waals surface area contributed by atoms with Gasteiger partial charge in [-0.05, 0) is 42.9 Å². The van der Waals surface area contributed by atoms with Crippen molar-refractivity contribution in [2.24, 2.45) is 0 Å². The number of piperidine rings is 1. The summed E-state index contributed by atoms with van der Waals surface area (Å²) in [6, 6.07) is 7.26. The topological polar surface area (TPSA) is 69.6 Å². The van der Waals surface area contributed by atoms with Gasteiger partial charge in [-0.25, -0.2) is 0 Å². The Morgan fingerprint density at radius 1 is 1.25 bits per heavy atom. The van der Waals surface area contributed by atoms with E-state index < -0.39 is 6.10 Å². The highest BCUT2D eigenvalue weighted by molar-refractivity contribution is 5.96. The Labute approximate surface area is 144 Å². The van der Waals surface area contributed by atoms with E-state index in [2.05, 4.69) is 26.1 Å². The number of nitrogens with one attached hydrogen (secondary N) is 1. The molecule has 2 N–H and O–H groups in total. The Balaban J connectivity index is 1.92. The average molecular weight is 332 g/mol. The molecule has 1 aromatic carbocycles. The number of carbonyl (C=O) groups is 2. The summed E-state index contributed by atoms with van der Waals surface area (Å²) in [4.78, 5) is 26.1. The molecule has 0 saturated carbocycles. The fourth-order valence-electron chi connectivity index (χ4n) is 2.96. The van der Waals surface area contributed by atoms with Gasteiger partial charge in [-0.3, -0.25) is 9.59 Å². The van der Waals surface area contributed by atoms with E-state index in [1.807, 2.05) is 19.1 Å². The van der Waals surface area contributed by atoms with Gasteiger partial charge in [0.25, 0.3) is 5.91 Å². The number of rotatable bonds is 3. The lowest BCUT2D eigenvalue weighted by atomic mass is 9.87. The first kappa shape index (κ1) is 18.5. The highest BCUT2D eigenvalue weighted by atomic mass is 16.3. The van der Waals surface area contributed by atoms with Crippen LogP contribution < -0.4 is 5.32 Å². The largest absolute Gasteiger partial charge is 0.391 e. The van der Waals surface area contributed by atoms with Crippen LogP contribution in [-0.2, 0) is 10.2 Å². The van der Waals surface area contributed by atoms with Crippen molar-refractivity contribution in [3.8, 4) is 0 Å². The molecule has 5 heteroatoms. The molecule has 1 aliphatic heterocycles. The third kappa shape index (κ3) is 4.35. The van der Waals surface area contributed by atoms with Crippen LogP contribution in [0.3, 0.4) is 0 Å². The summed E-state index contributed by atoms with van der Waals surface area (Å²) in [5.74, 6) is -0.407. The fourth-order valence-corrected chi connectivity index (χ4v) is 2.96. The molecule has 2 rings (SSSR count). The summed E-state index contributed by atoms with van der Waals surface area (Å²) in [5.41, 5.74) is 1.74. The Hall–Kier alpha value is -1.88. The van der Waals surface area contributed by atoms with Gasteiger partial charge < -0.3 is 15.3 Å². The van der Waals surface area contributed by atoms with Crippen LogP contribution in [0.15, 0.2) is 24.3 Å². The molecule has 1 saturated heterocycles. The SMILES string of the molecule is C[C@H]1[C@H](O)CCCN1C(=O)CNC(=O)c1ccc(C(C)(C)C)cc1. The second-order valence-electron chi connectivity index (χ2n) is 7.55. The summed E-state index contributed by atoms with van der Waals surface area (Å²) in [7, 11) is 0. The maximum atomic E-state index is 12.3. The first-order chi connectivity index (χ1) is 11.2. The van der Waals surface area contributed by atoms with E-state index in [9.17, 15) is 14.7 Å². The number of hydrogen-bond donors (Lipinski definition) is 2. The number of amides is 2. The van der Waals surface area contributed by atoms with Crippen molar-refractivity contribution in [3.05, 3.63) is 35.4 Å². The zero-order chi connectivity index (χ0) is 17.9. The number of aliphatic hydroxyl groups is 1. The van der Waals surface area contributed by atoms with Crippen LogP contribution in [0.2, 0.25) is 0 Å². The fraction of sp³-hybridized carbons (Fsp3) is 0.579. The second-order valence-corrected chi connectivity index (χ2v) is 7.55. The van der Waals surface area contributed by atoms with E-state index in [4.69, 9.17) is 0 Å². The summed E-state index contributed by atoms with van der Waals surface area (Å²) >= 11 is 0. The van der Waals surface area contributed by atoms with Gasteiger partial charge >= 0.3 is 0 Å². The molecule has 2 atom stereocenters. The number of likely N-dealkylation sites (tertiary alicyclic amines) is 1. The number of hydrogen-bond acceptors (Lipinski definition) is 3. The van der Waals surface area contributed by atoms with Crippen molar-refractivity contribution >= 4 is 11.8 Å². The van der Waals surface area contributed by atoms with Gasteiger partial charge in [0, 0.05) is 12.1 Å². The van der Waals surface area contributed by atoms with Crippen molar-refractivity contribution in [1.82, 2.24) is 10.2 Å². The number of nitrogens with zero attached hydrogens (tertiary/aromatic N) is 1. The Morgan fingerprint density at radius 3 is 2.46 bits per heavy atom. The molecule has 0 aromatic heterocycles. The monoisotopic (exact) mass is 332 g/mol. The zero-order valence-electron chi connectivity index (χ0n) is 15.0. The molecule has 0 unspecified atom stereocenters. The second kappa shape index (κ2) is 7.34. The lowest BCUT2D eigenvalue weighted by Crippen LogP contribution is -2.52. The van der Waals surface area contributed by atoms with Gasteiger partial charge in [0.15, 0.2) is 0 Å². The van der Waals surface area contributed by atoms with Gasteiger partial charge in [0.1, 0.15) is 0 Å². The van der Waals surface area contributed by atoms with Crippen LogP contribution in [0.4, 0.5) is 0 Å². The van der Waals surface area contributed by atoms with Gasteiger partial charge in [-0.15, -0.1) is 0 Å². The molecule has 0 aliphatic carbocycles. The van der Waals surface area contributed by atoms with Crippen molar-refractivity contribution in [2.45, 2.75) is 58.1 Å². The zero-order valence-corrected chi connectivity index (χ0v) is 15.0. The van der Waals surface area contributed by atoms with E-state index >= 15 is 0 Å². The van der Waals surface area contributed by atoms with E-state index in [-0.39, 0.29) is 29.8 Å². The standard InChI is InChI=1S/C19H28N2O3/c1-13-16(22)6-5-11-21(13)17(23)12-20-18(24)14-7-9-15(10-8-14)19(2,3)4/h7-10,13,16,22H,5-6,11-12H2,1-4H3,(H,20,24)/t13-,16+/m0/s1. The molecule has 24 heavy (non-hydrogen) atoms. The van der Waals surface area contributed by atoms with E-state index in [1.165, 1.54) is 0 Å². The van der Waals surface area contributed by atoms with E-state index in [0.717, 1.165) is 18.4 Å². The molecular formula is C19H28N2O3. The van der Waals surface area contributed by atoms with Crippen LogP contribution in [-0.4, -0.2) is 47.1 Å². The maximum absolute atomic E-state index is 12.3. The van der Waals surface area contributed by atoms with Crippen molar-refractivity contribution in [3.63, 3.8) is 0 Å². The average Bonchev–Trinajstić information content (AvgIpc) is 2.54. The lowest BCUT2D eigenvalue weighted by Gasteiger charge is -2.37. The molecule has 0 radical (unpaired) electrons. The normalized spacial score (nSPS) is 21.5. The summed E-state index contributed by atoms with van der Waals surface area (Å²) in [6.45, 7) is 8.79. The molecule has 1 aromatic rings. The number of aliphatic hydroxyl groups excluding tert-OH is 1. The van der Waals surface area contributed by atoms with E-state index in [1.54, 1.807) is 17.0 Å². The molecule has 0 bridgehead atoms. The lowest BCUT2D eigenvalue weighted by molar-refractivity contribution is -0.136. The first-order valence-corrected chi connectivity index (χ1v) is 8.56. The molecular weight excluding hydrogens is 304 g/mol. The maximum Gasteiger partial charge on any atom is 0.251 e. The van der Waals surface area contributed by atoms with Crippen molar-refractivity contribution in [1.29, 1.82) is 0 Å². The highest BCUT2D eigenvalue weighted by Crippen LogP contribution is 2.22. The van der Waals surface area contributed by atoms with Gasteiger partial charge in [-0.1, -0.05) is 32.9 Å². The van der Waals surface area contributed by atoms with Crippen LogP contribution in [0, 0.1) is 0 Å². The van der Waals surface area contributed by atoms with Gasteiger partial charge in [-0.2, -0.15) is 0 Å². The molecule has 1 heterocycles. The summed E-state index contributed by atoms with van der Waals surface area (Å²) in [6.07, 6.45) is 1.03. The van der Waals surface area contributed by atoms with Gasteiger partial charge in [0.2, 0.25) is 5.91 Å². The first-order valence-electron chi connectivity index (χ1n) is 8.56. The molecule has 132 valence electrons. The van der Waals surface area contributed by atoms with Crippen LogP contribution >= 0.6 is 0 Å². The predicted octanol–water partition coefficient (Wildman–Crippen LogP) is 2.09. The Bertz CT molecular complexity index is 590. The smallest absolute Gasteiger partial charge is 0.251 e. The Morgan fingerprint density at radius 2 is 1.88 bits per heavy atom. The van der Waals surface area contributed by atoms with Crippen LogP contribution in [0.1, 0.15) is 56.5 Å². The summed E-state index contributed by atoms with van der Waals surface area (Å²) in [5, 5.41) is 12.5. The molecule has 2 amide bonds. The minimum atomic E-state index is -0.483. The molecule has 1 aliphatic rings. The number of benzene rings is 1. The van der Waals surface area contributed by atoms with Gasteiger partial charge in [0.05, 0.1) is 18.7 Å². The summed E-state index contributed by atoms with van der Waals surface area (Å²) < 4.78 is 0. The number of carbonyl (C=O) groups excluding carboxylic acids is 2. The van der Waals surface area contributed by atoms with Crippen LogP contribution in [0.25, 0.3) is 0 Å². The minimum absolute atomic E-state index is 0.0379. The molecule has 5 nitrogen and oxygen atoms in total. The van der Waals surface area contributed by atoms with Crippen molar-refractivity contribution in [2.75, 3.05) is 13.1 Å². The third-order valence-electron chi connectivity index (χ3n) is 4.68. The van der Waals surface area contributed by atoms with Crippen molar-refractivity contribution < 1.29 is 14.7 Å². The quantitative estimate of drug-likeness (QED) is 0.890. The highest BCUT2D eigenvalue weighted by Gasteiger charge is 2.29. The third-order valence-corrected chi connectivity index (χ3v) is 4.68.